The molecule has 0 aliphatic carbocycles. The largest absolute Gasteiger partial charge is 0.381 e. The van der Waals surface area contributed by atoms with Gasteiger partial charge in [-0.05, 0) is 38.5 Å². The lowest BCUT2D eigenvalue weighted by atomic mass is 9.94. The van der Waals surface area contributed by atoms with Crippen LogP contribution in [0.15, 0.2) is 0 Å². The Morgan fingerprint density at radius 1 is 1.06 bits per heavy atom. The fraction of sp³-hybridized carbons (Fsp3) is 0.923. The number of halogens is 1. The number of carbonyl (C=O) groups excluding carboxylic acids is 1. The number of piperidine rings is 1. The van der Waals surface area contributed by atoms with Crippen LogP contribution in [0.2, 0.25) is 0 Å². The van der Waals surface area contributed by atoms with Gasteiger partial charge in [0.1, 0.15) is 0 Å². The molecule has 0 radical (unpaired) electrons. The SMILES string of the molecule is O=C(C1CCOCC1)N1C2CCC1CC(Cl)C2. The van der Waals surface area contributed by atoms with Crippen molar-refractivity contribution >= 4 is 17.5 Å². The number of alkyl halides is 1. The zero-order valence-electron chi connectivity index (χ0n) is 10.1. The van der Waals surface area contributed by atoms with Gasteiger partial charge in [0.25, 0.3) is 0 Å². The van der Waals surface area contributed by atoms with Gasteiger partial charge in [-0.2, -0.15) is 0 Å². The second-order valence-electron chi connectivity index (χ2n) is 5.59. The molecule has 0 aromatic rings. The summed E-state index contributed by atoms with van der Waals surface area (Å²) >= 11 is 6.24. The molecule has 0 saturated carbocycles. The number of rotatable bonds is 1. The van der Waals surface area contributed by atoms with Crippen LogP contribution in [0.25, 0.3) is 0 Å². The molecule has 2 bridgehead atoms. The first-order valence-electron chi connectivity index (χ1n) is 6.79. The summed E-state index contributed by atoms with van der Waals surface area (Å²) < 4.78 is 5.33. The molecule has 3 rings (SSSR count). The van der Waals surface area contributed by atoms with E-state index in [1.807, 2.05) is 0 Å². The van der Waals surface area contributed by atoms with Gasteiger partial charge in [0.2, 0.25) is 5.91 Å². The summed E-state index contributed by atoms with van der Waals surface area (Å²) in [7, 11) is 0. The first-order valence-corrected chi connectivity index (χ1v) is 7.23. The van der Waals surface area contributed by atoms with Crippen LogP contribution in [-0.2, 0) is 9.53 Å². The maximum Gasteiger partial charge on any atom is 0.226 e. The van der Waals surface area contributed by atoms with Crippen molar-refractivity contribution in [2.45, 2.75) is 56.0 Å². The quantitative estimate of drug-likeness (QED) is 0.674. The highest BCUT2D eigenvalue weighted by atomic mass is 35.5. The number of nitrogens with zero attached hydrogens (tertiary/aromatic N) is 1. The molecule has 2 atom stereocenters. The minimum atomic E-state index is 0.207. The highest BCUT2D eigenvalue weighted by Crippen LogP contribution is 2.39. The molecule has 0 aromatic carbocycles. The van der Waals surface area contributed by atoms with Crippen molar-refractivity contribution in [3.63, 3.8) is 0 Å². The van der Waals surface area contributed by atoms with Crippen LogP contribution in [0.1, 0.15) is 38.5 Å². The van der Waals surface area contributed by atoms with Gasteiger partial charge in [0, 0.05) is 36.6 Å². The Morgan fingerprint density at radius 2 is 1.65 bits per heavy atom. The molecule has 2 unspecified atom stereocenters. The topological polar surface area (TPSA) is 29.5 Å². The third kappa shape index (κ3) is 2.19. The van der Waals surface area contributed by atoms with Gasteiger partial charge >= 0.3 is 0 Å². The molecule has 3 saturated heterocycles. The van der Waals surface area contributed by atoms with E-state index in [-0.39, 0.29) is 11.3 Å². The normalized spacial score (nSPS) is 38.4. The van der Waals surface area contributed by atoms with Crippen LogP contribution in [0, 0.1) is 5.92 Å². The minimum absolute atomic E-state index is 0.207. The molecule has 1 amide bonds. The average Bonchev–Trinajstić information content (AvgIpc) is 2.62. The summed E-state index contributed by atoms with van der Waals surface area (Å²) in [6, 6.07) is 0.846. The van der Waals surface area contributed by atoms with E-state index in [0.29, 0.717) is 18.0 Å². The highest BCUT2D eigenvalue weighted by Gasteiger charge is 2.44. The Balaban J connectivity index is 1.69. The van der Waals surface area contributed by atoms with E-state index in [4.69, 9.17) is 16.3 Å². The van der Waals surface area contributed by atoms with Gasteiger partial charge in [-0.15, -0.1) is 11.6 Å². The number of hydrogen-bond donors (Lipinski definition) is 0. The Morgan fingerprint density at radius 3 is 2.24 bits per heavy atom. The number of fused-ring (bicyclic) bond motifs is 2. The van der Waals surface area contributed by atoms with Gasteiger partial charge in [-0.3, -0.25) is 4.79 Å². The Labute approximate surface area is 107 Å². The van der Waals surface area contributed by atoms with E-state index in [1.165, 1.54) is 0 Å². The van der Waals surface area contributed by atoms with Crippen molar-refractivity contribution < 1.29 is 9.53 Å². The number of hydrogen-bond acceptors (Lipinski definition) is 2. The first kappa shape index (κ1) is 11.8. The fourth-order valence-corrected chi connectivity index (χ4v) is 4.04. The zero-order chi connectivity index (χ0) is 11.8. The standard InChI is InChI=1S/C13H20ClNO2/c14-10-7-11-1-2-12(8-10)15(11)13(16)9-3-5-17-6-4-9/h9-12H,1-8H2. The van der Waals surface area contributed by atoms with Crippen molar-refractivity contribution in [2.75, 3.05) is 13.2 Å². The molecule has 3 aliphatic heterocycles. The maximum absolute atomic E-state index is 12.5. The molecule has 3 fully saturated rings. The third-order valence-electron chi connectivity index (χ3n) is 4.50. The molecule has 3 aliphatic rings. The average molecular weight is 258 g/mol. The molecule has 4 heteroatoms. The highest BCUT2D eigenvalue weighted by molar-refractivity contribution is 6.20. The predicted molar refractivity (Wildman–Crippen MR) is 66.1 cm³/mol. The van der Waals surface area contributed by atoms with E-state index >= 15 is 0 Å². The molecule has 96 valence electrons. The van der Waals surface area contributed by atoms with Crippen LogP contribution in [0.4, 0.5) is 0 Å². The molecule has 0 aromatic heterocycles. The Hall–Kier alpha value is -0.280. The first-order chi connectivity index (χ1) is 8.25. The second kappa shape index (κ2) is 4.77. The molecule has 17 heavy (non-hydrogen) atoms. The van der Waals surface area contributed by atoms with Crippen molar-refractivity contribution in [3.05, 3.63) is 0 Å². The Bertz CT molecular complexity index is 290. The van der Waals surface area contributed by atoms with E-state index in [9.17, 15) is 4.79 Å². The van der Waals surface area contributed by atoms with Crippen molar-refractivity contribution in [1.29, 1.82) is 0 Å². The van der Waals surface area contributed by atoms with E-state index in [2.05, 4.69) is 4.90 Å². The van der Waals surface area contributed by atoms with Crippen LogP contribution < -0.4 is 0 Å². The van der Waals surface area contributed by atoms with Gasteiger partial charge < -0.3 is 9.64 Å². The van der Waals surface area contributed by atoms with E-state index in [1.54, 1.807) is 0 Å². The van der Waals surface area contributed by atoms with Crippen molar-refractivity contribution in [3.8, 4) is 0 Å². The van der Waals surface area contributed by atoms with Gasteiger partial charge in [-0.1, -0.05) is 0 Å². The molecule has 3 heterocycles. The number of amides is 1. The van der Waals surface area contributed by atoms with Gasteiger partial charge in [0.05, 0.1) is 0 Å². The van der Waals surface area contributed by atoms with Crippen LogP contribution >= 0.6 is 11.6 Å². The lowest BCUT2D eigenvalue weighted by molar-refractivity contribution is -0.142. The summed E-state index contributed by atoms with van der Waals surface area (Å²) in [4.78, 5) is 14.7. The van der Waals surface area contributed by atoms with Crippen molar-refractivity contribution in [1.82, 2.24) is 4.90 Å². The summed E-state index contributed by atoms with van der Waals surface area (Å²) in [6.45, 7) is 1.50. The molecular formula is C13H20ClNO2. The van der Waals surface area contributed by atoms with E-state index < -0.39 is 0 Å². The van der Waals surface area contributed by atoms with E-state index in [0.717, 1.165) is 51.7 Å². The number of carbonyl (C=O) groups is 1. The monoisotopic (exact) mass is 257 g/mol. The summed E-state index contributed by atoms with van der Waals surface area (Å²) in [5, 5.41) is 0.284. The maximum atomic E-state index is 12.5. The van der Waals surface area contributed by atoms with Crippen molar-refractivity contribution in [2.24, 2.45) is 5.92 Å². The lowest BCUT2D eigenvalue weighted by Crippen LogP contribution is -2.50. The summed E-state index contributed by atoms with van der Waals surface area (Å²) in [5.74, 6) is 0.586. The van der Waals surface area contributed by atoms with Crippen LogP contribution in [0.3, 0.4) is 0 Å². The zero-order valence-corrected chi connectivity index (χ0v) is 10.9. The van der Waals surface area contributed by atoms with Gasteiger partial charge in [-0.25, -0.2) is 0 Å². The third-order valence-corrected chi connectivity index (χ3v) is 4.86. The fourth-order valence-electron chi connectivity index (χ4n) is 3.63. The molecule has 0 spiro atoms. The summed E-state index contributed by atoms with van der Waals surface area (Å²) in [5.41, 5.74) is 0. The minimum Gasteiger partial charge on any atom is -0.381 e. The second-order valence-corrected chi connectivity index (χ2v) is 6.20. The number of ether oxygens (including phenoxy) is 1. The smallest absolute Gasteiger partial charge is 0.226 e. The predicted octanol–water partition coefficient (Wildman–Crippen LogP) is 2.17. The van der Waals surface area contributed by atoms with Gasteiger partial charge in [0.15, 0.2) is 0 Å². The lowest BCUT2D eigenvalue weighted by Gasteiger charge is -2.39. The van der Waals surface area contributed by atoms with Crippen LogP contribution in [-0.4, -0.2) is 41.5 Å². The van der Waals surface area contributed by atoms with Crippen LogP contribution in [0.5, 0.6) is 0 Å². The molecule has 0 N–H and O–H groups in total. The molecule has 3 nitrogen and oxygen atoms in total. The summed E-state index contributed by atoms with van der Waals surface area (Å²) in [6.07, 6.45) is 6.10. The molecular weight excluding hydrogens is 238 g/mol. The Kier molecular flexibility index (Phi) is 3.31.